The van der Waals surface area contributed by atoms with Gasteiger partial charge in [0.25, 0.3) is 0 Å². The maximum Gasteiger partial charge on any atom is 0.237 e. The highest BCUT2D eigenvalue weighted by Gasteiger charge is 2.29. The normalized spacial score (nSPS) is 17.8. The first kappa shape index (κ1) is 29.3. The molecule has 0 aliphatic heterocycles. The average Bonchev–Trinajstić information content (AvgIpc) is 3.34. The van der Waals surface area contributed by atoms with E-state index in [0.717, 1.165) is 65.9 Å². The Hall–Kier alpha value is -3.69. The van der Waals surface area contributed by atoms with Crippen LogP contribution in [0.1, 0.15) is 52.0 Å². The number of aromatic nitrogens is 4. The fraction of sp³-hybridized carbons (Fsp3) is 0.400. The van der Waals surface area contributed by atoms with Gasteiger partial charge in [0.2, 0.25) is 5.91 Å². The summed E-state index contributed by atoms with van der Waals surface area (Å²) in [6.07, 6.45) is 5.87. The SMILES string of the molecule is CNC(CC(C)C)C(=O)NC1CCC(n2nc(-c3ccc(Oc4ccccc4)cc3)c3c(N)ncnc32)CC1.Cl. The number of anilines is 1. The van der Waals surface area contributed by atoms with Crippen LogP contribution >= 0.6 is 12.4 Å². The quantitative estimate of drug-likeness (QED) is 0.245. The molecular weight excluding hydrogens is 526 g/mol. The van der Waals surface area contributed by atoms with Crippen LogP contribution in [0.25, 0.3) is 22.3 Å². The molecule has 9 nitrogen and oxygen atoms in total. The Balaban J connectivity index is 0.00000370. The Morgan fingerprint density at radius 2 is 1.70 bits per heavy atom. The molecule has 10 heteroatoms. The lowest BCUT2D eigenvalue weighted by molar-refractivity contribution is -0.124. The summed E-state index contributed by atoms with van der Waals surface area (Å²) in [6.45, 7) is 4.27. The van der Waals surface area contributed by atoms with E-state index in [0.29, 0.717) is 11.7 Å². The van der Waals surface area contributed by atoms with Crippen molar-refractivity contribution in [1.82, 2.24) is 30.4 Å². The molecular formula is C30H38ClN7O2. The lowest BCUT2D eigenvalue weighted by Gasteiger charge is -2.30. The number of halogens is 1. The van der Waals surface area contributed by atoms with Gasteiger partial charge in [-0.05, 0) is 81.5 Å². The first-order chi connectivity index (χ1) is 18.9. The van der Waals surface area contributed by atoms with Gasteiger partial charge in [0.05, 0.1) is 17.5 Å². The molecule has 2 aromatic carbocycles. The van der Waals surface area contributed by atoms with E-state index in [1.807, 2.05) is 66.3 Å². The van der Waals surface area contributed by atoms with Gasteiger partial charge in [-0.15, -0.1) is 12.4 Å². The third-order valence-corrected chi connectivity index (χ3v) is 7.39. The third-order valence-electron chi connectivity index (χ3n) is 7.39. The van der Waals surface area contributed by atoms with E-state index in [4.69, 9.17) is 15.6 Å². The zero-order chi connectivity index (χ0) is 27.4. The van der Waals surface area contributed by atoms with Gasteiger partial charge in [0.15, 0.2) is 5.65 Å². The van der Waals surface area contributed by atoms with Crippen LogP contribution in [0, 0.1) is 5.92 Å². The van der Waals surface area contributed by atoms with Gasteiger partial charge in [-0.25, -0.2) is 14.6 Å². The van der Waals surface area contributed by atoms with E-state index in [1.54, 1.807) is 0 Å². The maximum absolute atomic E-state index is 12.8. The Kier molecular flexibility index (Phi) is 9.60. The molecule has 1 aliphatic carbocycles. The standard InChI is InChI=1S/C30H37N7O2.ClH/c1-19(2)17-25(32-3)30(38)35-21-11-13-22(14-12-21)37-29-26(28(31)33-18-34-29)27(36-37)20-9-15-24(16-10-20)39-23-7-5-4-6-8-23;/h4-10,15-16,18-19,21-22,25,32H,11-14,17H2,1-3H3,(H,35,38)(H2,31,33,34);1H. The molecule has 40 heavy (non-hydrogen) atoms. The molecule has 4 aromatic rings. The van der Waals surface area contributed by atoms with Crippen LogP contribution in [-0.2, 0) is 4.79 Å². The summed E-state index contributed by atoms with van der Waals surface area (Å²) in [5.74, 6) is 2.47. The van der Waals surface area contributed by atoms with Crippen LogP contribution in [0.3, 0.4) is 0 Å². The van der Waals surface area contributed by atoms with Crippen LogP contribution in [0.4, 0.5) is 5.82 Å². The Morgan fingerprint density at radius 3 is 2.35 bits per heavy atom. The molecule has 0 saturated heterocycles. The fourth-order valence-electron chi connectivity index (χ4n) is 5.35. The van der Waals surface area contributed by atoms with Crippen LogP contribution in [0.5, 0.6) is 11.5 Å². The summed E-state index contributed by atoms with van der Waals surface area (Å²) in [7, 11) is 1.85. The van der Waals surface area contributed by atoms with Gasteiger partial charge in [-0.2, -0.15) is 5.10 Å². The Bertz CT molecular complexity index is 1400. The van der Waals surface area contributed by atoms with Crippen LogP contribution in [0.2, 0.25) is 0 Å². The minimum Gasteiger partial charge on any atom is -0.457 e. The van der Waals surface area contributed by atoms with Crippen molar-refractivity contribution in [2.45, 2.75) is 64.1 Å². The molecule has 1 atom stereocenters. The molecule has 212 valence electrons. The number of ether oxygens (including phenoxy) is 1. The van der Waals surface area contributed by atoms with E-state index in [2.05, 4.69) is 34.4 Å². The lowest BCUT2D eigenvalue weighted by Crippen LogP contribution is -2.48. The Labute approximate surface area is 241 Å². The zero-order valence-electron chi connectivity index (χ0n) is 23.2. The summed E-state index contributed by atoms with van der Waals surface area (Å²) in [5.41, 5.74) is 8.76. The minimum absolute atomic E-state index is 0. The predicted octanol–water partition coefficient (Wildman–Crippen LogP) is 5.52. The van der Waals surface area contributed by atoms with Gasteiger partial charge >= 0.3 is 0 Å². The predicted molar refractivity (Wildman–Crippen MR) is 161 cm³/mol. The second-order valence-electron chi connectivity index (χ2n) is 10.7. The number of nitrogens with two attached hydrogens (primary N) is 1. The molecule has 0 radical (unpaired) electrons. The highest BCUT2D eigenvalue weighted by Crippen LogP contribution is 2.36. The molecule has 5 rings (SSSR count). The maximum atomic E-state index is 12.8. The number of carbonyl (C=O) groups excluding carboxylic acids is 1. The summed E-state index contributed by atoms with van der Waals surface area (Å²) in [5, 5.41) is 12.2. The number of nitrogens with one attached hydrogen (secondary N) is 2. The molecule has 1 amide bonds. The van der Waals surface area contributed by atoms with Gasteiger partial charge in [0, 0.05) is 11.6 Å². The number of rotatable bonds is 9. The Morgan fingerprint density at radius 1 is 1.02 bits per heavy atom. The zero-order valence-corrected chi connectivity index (χ0v) is 24.0. The minimum atomic E-state index is -0.163. The topological polar surface area (TPSA) is 120 Å². The molecule has 1 saturated carbocycles. The van der Waals surface area contributed by atoms with Crippen molar-refractivity contribution in [3.05, 3.63) is 60.9 Å². The van der Waals surface area contributed by atoms with Crippen molar-refractivity contribution in [2.24, 2.45) is 5.92 Å². The monoisotopic (exact) mass is 563 g/mol. The van der Waals surface area contributed by atoms with E-state index < -0.39 is 0 Å². The third kappa shape index (κ3) is 6.54. The first-order valence-corrected chi connectivity index (χ1v) is 13.7. The largest absolute Gasteiger partial charge is 0.457 e. The first-order valence-electron chi connectivity index (χ1n) is 13.7. The number of nitrogens with zero attached hydrogens (tertiary/aromatic N) is 4. The molecule has 1 unspecified atom stereocenters. The molecule has 0 spiro atoms. The van der Waals surface area contributed by atoms with Crippen molar-refractivity contribution >= 4 is 35.2 Å². The number of likely N-dealkylation sites (N-methyl/N-ethyl adjacent to an activating group) is 1. The number of hydrogen-bond acceptors (Lipinski definition) is 7. The highest BCUT2D eigenvalue weighted by molar-refractivity contribution is 5.98. The molecule has 2 heterocycles. The average molecular weight is 564 g/mol. The molecule has 1 aliphatic rings. The fourth-order valence-corrected chi connectivity index (χ4v) is 5.35. The van der Waals surface area contributed by atoms with E-state index >= 15 is 0 Å². The van der Waals surface area contributed by atoms with Crippen molar-refractivity contribution < 1.29 is 9.53 Å². The van der Waals surface area contributed by atoms with Gasteiger partial charge in [-0.3, -0.25) is 4.79 Å². The van der Waals surface area contributed by atoms with E-state index in [9.17, 15) is 4.79 Å². The van der Waals surface area contributed by atoms with Crippen molar-refractivity contribution in [3.63, 3.8) is 0 Å². The number of para-hydroxylation sites is 1. The van der Waals surface area contributed by atoms with Crippen molar-refractivity contribution in [1.29, 1.82) is 0 Å². The van der Waals surface area contributed by atoms with Crippen LogP contribution in [-0.4, -0.2) is 44.8 Å². The van der Waals surface area contributed by atoms with Crippen molar-refractivity contribution in [2.75, 3.05) is 12.8 Å². The number of hydrogen-bond donors (Lipinski definition) is 3. The van der Waals surface area contributed by atoms with Crippen LogP contribution in [0.15, 0.2) is 60.9 Å². The molecule has 1 fully saturated rings. The van der Waals surface area contributed by atoms with Crippen molar-refractivity contribution in [3.8, 4) is 22.8 Å². The van der Waals surface area contributed by atoms with Crippen LogP contribution < -0.4 is 21.1 Å². The summed E-state index contributed by atoms with van der Waals surface area (Å²) in [6, 6.07) is 17.7. The number of benzene rings is 2. The molecule has 0 bridgehead atoms. The molecule has 4 N–H and O–H groups in total. The second kappa shape index (κ2) is 13.1. The van der Waals surface area contributed by atoms with Gasteiger partial charge in [0.1, 0.15) is 29.3 Å². The number of carbonyl (C=O) groups is 1. The number of amides is 1. The lowest BCUT2D eigenvalue weighted by atomic mass is 9.90. The smallest absolute Gasteiger partial charge is 0.237 e. The van der Waals surface area contributed by atoms with Gasteiger partial charge < -0.3 is 21.1 Å². The number of fused-ring (bicyclic) bond motifs is 1. The van der Waals surface area contributed by atoms with Gasteiger partial charge in [-0.1, -0.05) is 32.0 Å². The summed E-state index contributed by atoms with van der Waals surface area (Å²) >= 11 is 0. The number of nitrogen functional groups attached to an aromatic ring is 1. The summed E-state index contributed by atoms with van der Waals surface area (Å²) < 4.78 is 7.95. The van der Waals surface area contributed by atoms with E-state index in [1.165, 1.54) is 6.33 Å². The highest BCUT2D eigenvalue weighted by atomic mass is 35.5. The van der Waals surface area contributed by atoms with E-state index in [-0.39, 0.29) is 36.4 Å². The second-order valence-corrected chi connectivity index (χ2v) is 10.7. The molecule has 2 aromatic heterocycles. The summed E-state index contributed by atoms with van der Waals surface area (Å²) in [4.78, 5) is 21.6.